The van der Waals surface area contributed by atoms with E-state index in [1.54, 1.807) is 0 Å². The summed E-state index contributed by atoms with van der Waals surface area (Å²) in [5.74, 6) is -85.1. The van der Waals surface area contributed by atoms with Crippen molar-refractivity contribution in [1.82, 2.24) is 0 Å². The summed E-state index contributed by atoms with van der Waals surface area (Å²) >= 11 is 0. The van der Waals surface area contributed by atoms with Crippen molar-refractivity contribution in [2.24, 2.45) is 0 Å². The molecule has 0 amide bonds. The lowest BCUT2D eigenvalue weighted by Crippen LogP contribution is -2.80. The molecular weight excluding hydrogens is 740 g/mol. The highest BCUT2D eigenvalue weighted by molar-refractivity contribution is 5.14. The van der Waals surface area contributed by atoms with Gasteiger partial charge in [0.25, 0.3) is 0 Å². The van der Waals surface area contributed by atoms with E-state index in [9.17, 15) is 132 Å². The maximum Gasteiger partial charge on any atom is 0.540 e. The smallest absolute Gasteiger partial charge is 0.192 e. The van der Waals surface area contributed by atoms with Gasteiger partial charge in [0.15, 0.2) is 4.93 Å². The van der Waals surface area contributed by atoms with Gasteiger partial charge in [0, 0.05) is 0 Å². The maximum atomic E-state index is 13.5. The molecule has 266 valence electrons. The third-order valence-electron chi connectivity index (χ3n) is 4.93. The molecule has 0 aliphatic heterocycles. The minimum atomic E-state index is -10.0. The van der Waals surface area contributed by atoms with Crippen molar-refractivity contribution in [1.29, 1.82) is 0 Å². The molecule has 0 bridgehead atoms. The predicted molar refractivity (Wildman–Crippen MR) is 69.0 cm³/mol. The van der Waals surface area contributed by atoms with Crippen molar-refractivity contribution >= 4 is 0 Å². The summed E-state index contributed by atoms with van der Waals surface area (Å²) in [7, 11) is 0. The minimum absolute atomic E-state index is 8.31. The number of hydrogen-bond donors (Lipinski definition) is 0. The van der Waals surface area contributed by atoms with Gasteiger partial charge in [-0.1, -0.05) is 0 Å². The van der Waals surface area contributed by atoms with Gasteiger partial charge in [-0.2, -0.15) is 105 Å². The van der Waals surface area contributed by atoms with Crippen molar-refractivity contribution in [2.75, 3.05) is 0 Å². The summed E-state index contributed by atoms with van der Waals surface area (Å²) in [6.07, 6.45) is -16.6. The van der Waals surface area contributed by atoms with Crippen LogP contribution in [-0.2, 0) is 0 Å². The molecule has 0 spiro atoms. The number of nitrogens with zero attached hydrogens (tertiary/aromatic N) is 1. The van der Waals surface area contributed by atoms with Crippen molar-refractivity contribution in [2.45, 2.75) is 77.7 Å². The van der Waals surface area contributed by atoms with Gasteiger partial charge in [0.2, 0.25) is 0 Å². The van der Waals surface area contributed by atoms with Crippen molar-refractivity contribution < 1.29 is 137 Å². The molecule has 0 heterocycles. The van der Waals surface area contributed by atoms with E-state index in [0.29, 0.717) is 0 Å². The van der Waals surface area contributed by atoms with Crippen LogP contribution in [0.4, 0.5) is 132 Å². The lowest BCUT2D eigenvalue weighted by atomic mass is 9.90. The van der Waals surface area contributed by atoms with Gasteiger partial charge >= 0.3 is 77.7 Å². The third kappa shape index (κ3) is 4.56. The summed E-state index contributed by atoms with van der Waals surface area (Å²) in [5, 5.41) is 0. The van der Waals surface area contributed by atoms with Gasteiger partial charge in [-0.05, 0) is 0 Å². The van der Waals surface area contributed by atoms with Crippen LogP contribution in [0, 0.1) is 0 Å². The number of alkyl halides is 28. The molecule has 0 aromatic carbocycles. The summed E-state index contributed by atoms with van der Waals surface area (Å²) < 4.78 is 388. The highest BCUT2D eigenvalue weighted by Crippen LogP contribution is 2.68. The number of halogens is 30. The quantitative estimate of drug-likeness (QED) is 0.113. The first-order valence-corrected chi connectivity index (χ1v) is 8.83. The second-order valence-corrected chi connectivity index (χ2v) is 7.76. The van der Waals surface area contributed by atoms with Gasteiger partial charge < -0.3 is 0 Å². The van der Waals surface area contributed by atoms with Crippen LogP contribution < -0.4 is 0 Å². The van der Waals surface area contributed by atoms with Gasteiger partial charge in [-0.15, -0.1) is 17.6 Å². The zero-order chi connectivity index (χ0) is 37.0. The van der Waals surface area contributed by atoms with E-state index < -0.39 is 82.7 Å². The highest BCUT2D eigenvalue weighted by atomic mass is 19.5. The van der Waals surface area contributed by atoms with E-state index >= 15 is 0 Å². The predicted octanol–water partition coefficient (Wildman–Crippen LogP) is 9.60. The Morgan fingerprint density at radius 1 is 0.205 bits per heavy atom. The first kappa shape index (κ1) is 41.9. The maximum absolute atomic E-state index is 13.5. The fourth-order valence-corrected chi connectivity index (χ4v) is 2.25. The Kier molecular flexibility index (Phi) is 9.22. The molecule has 0 saturated carbocycles. The highest BCUT2D eigenvalue weighted by Gasteiger charge is 3.04. The zero-order valence-electron chi connectivity index (χ0n) is 18.3. The lowest BCUT2D eigenvalue weighted by molar-refractivity contribution is -1.28. The van der Waals surface area contributed by atoms with Crippen LogP contribution in [0.2, 0.25) is 0 Å². The standard InChI is InChI=1S/C13F30N/c14-1(15,3(18,19)6(24,25)10(32,33)34)2(16,17)4(20,21)8(28,29)12(38,39)44(42,43)13(40,41)9(30,31)5(22,23)7(26,27)11(35,36)37/q+1. The van der Waals surface area contributed by atoms with Crippen molar-refractivity contribution in [3.05, 3.63) is 0 Å². The first-order valence-electron chi connectivity index (χ1n) is 8.83. The summed E-state index contributed by atoms with van der Waals surface area (Å²) in [5.41, 5.74) is 0. The van der Waals surface area contributed by atoms with E-state index in [1.165, 1.54) is 0 Å². The summed E-state index contributed by atoms with van der Waals surface area (Å²) in [6.45, 7) is 0. The minimum Gasteiger partial charge on any atom is -0.192 e. The van der Waals surface area contributed by atoms with E-state index in [4.69, 9.17) is 0 Å². The Hall–Kier alpha value is -2.14. The van der Waals surface area contributed by atoms with Crippen molar-refractivity contribution in [3.8, 4) is 0 Å². The molecule has 31 heteroatoms. The summed E-state index contributed by atoms with van der Waals surface area (Å²) in [6, 6.07) is -19.9. The Balaban J connectivity index is 7.52. The molecule has 44 heavy (non-hydrogen) atoms. The van der Waals surface area contributed by atoms with Crippen LogP contribution in [-0.4, -0.2) is 82.7 Å². The largest absolute Gasteiger partial charge is 0.540 e. The number of hydrogen-bond acceptors (Lipinski definition) is 0. The topological polar surface area (TPSA) is 0 Å². The van der Waals surface area contributed by atoms with E-state index in [0.717, 1.165) is 0 Å². The average Bonchev–Trinajstić information content (AvgIpc) is 2.75. The monoisotopic (exact) mass is 740 g/mol. The van der Waals surface area contributed by atoms with Gasteiger partial charge in [-0.25, -0.2) is 0 Å². The molecule has 0 aromatic rings. The number of rotatable bonds is 11. The van der Waals surface area contributed by atoms with Gasteiger partial charge in [-0.3, -0.25) is 0 Å². The molecule has 0 rings (SSSR count). The third-order valence-corrected chi connectivity index (χ3v) is 4.93. The van der Waals surface area contributed by atoms with Crippen molar-refractivity contribution in [3.63, 3.8) is 0 Å². The first-order chi connectivity index (χ1) is 18.2. The van der Waals surface area contributed by atoms with Crippen LogP contribution in [0.1, 0.15) is 0 Å². The van der Waals surface area contributed by atoms with E-state index in [1.807, 2.05) is 0 Å². The Morgan fingerprint density at radius 2 is 0.341 bits per heavy atom. The van der Waals surface area contributed by atoms with Crippen LogP contribution in [0.25, 0.3) is 0 Å². The molecule has 0 aliphatic rings. The molecule has 0 radical (unpaired) electrons. The van der Waals surface area contributed by atoms with E-state index in [2.05, 4.69) is 0 Å². The molecule has 0 aliphatic carbocycles. The molecular formula is C13F30N+. The Morgan fingerprint density at radius 3 is 0.523 bits per heavy atom. The molecule has 0 aromatic heterocycles. The van der Waals surface area contributed by atoms with Crippen LogP contribution in [0.5, 0.6) is 0 Å². The number of quaternary nitrogens is 1. The molecule has 1 nitrogen and oxygen atoms in total. The lowest BCUT2D eigenvalue weighted by Gasteiger charge is -2.43. The average molecular weight is 740 g/mol. The van der Waals surface area contributed by atoms with Crippen LogP contribution in [0.15, 0.2) is 0 Å². The molecule has 0 N–H and O–H groups in total. The second kappa shape index (κ2) is 9.69. The van der Waals surface area contributed by atoms with E-state index in [-0.39, 0.29) is 0 Å². The zero-order valence-corrected chi connectivity index (χ0v) is 18.3. The van der Waals surface area contributed by atoms with Crippen LogP contribution in [0.3, 0.4) is 0 Å². The molecule has 0 unspecified atom stereocenters. The molecule has 0 fully saturated rings. The normalized spacial score (nSPS) is 17.3. The fraction of sp³-hybridized carbons (Fsp3) is 1.00. The summed E-state index contributed by atoms with van der Waals surface area (Å²) in [4.78, 5) is -8.99. The molecule has 0 atom stereocenters. The molecule has 0 saturated heterocycles. The van der Waals surface area contributed by atoms with Gasteiger partial charge in [0.1, 0.15) is 0 Å². The second-order valence-electron chi connectivity index (χ2n) is 7.76. The van der Waals surface area contributed by atoms with Crippen LogP contribution >= 0.6 is 0 Å². The Labute approximate surface area is 216 Å². The van der Waals surface area contributed by atoms with Gasteiger partial charge in [0.05, 0.1) is 8.96 Å². The SMILES string of the molecule is FC(F)(F)C(F)(F)C(F)(F)C(F)(F)C(F)(F)C(F)(F)C(F)(F)C(F)(F)[N+](F)(F)C(F)(F)C(F)(F)C(F)(F)C(F)(F)C(F)(F)F. The fourth-order valence-electron chi connectivity index (χ4n) is 2.25. The Bertz CT molecular complexity index is 968.